The number of esters is 1. The Balaban J connectivity index is 1.69. The first-order valence-corrected chi connectivity index (χ1v) is 9.05. The number of ether oxygens (including phenoxy) is 1. The second-order valence-corrected chi connectivity index (χ2v) is 6.50. The number of aryl methyl sites for hydroxylation is 2. The van der Waals surface area contributed by atoms with E-state index in [1.165, 1.54) is 7.05 Å². The molecule has 1 aromatic heterocycles. The maximum Gasteiger partial charge on any atom is 0.340 e. The summed E-state index contributed by atoms with van der Waals surface area (Å²) >= 11 is 0. The zero-order valence-electron chi connectivity index (χ0n) is 16.4. The molecule has 2 amide bonds. The third-order valence-corrected chi connectivity index (χ3v) is 4.51. The molecule has 3 aromatic rings. The largest absolute Gasteiger partial charge is 0.452 e. The first-order valence-electron chi connectivity index (χ1n) is 9.05. The van der Waals surface area contributed by atoms with Crippen molar-refractivity contribution < 1.29 is 19.1 Å². The van der Waals surface area contributed by atoms with Gasteiger partial charge in [-0.3, -0.25) is 14.6 Å². The van der Waals surface area contributed by atoms with E-state index in [1.54, 1.807) is 31.2 Å². The normalized spacial score (nSPS) is 10.4. The van der Waals surface area contributed by atoms with Gasteiger partial charge in [-0.2, -0.15) is 0 Å². The fourth-order valence-corrected chi connectivity index (χ4v) is 3.11. The molecule has 0 aliphatic rings. The van der Waals surface area contributed by atoms with E-state index in [0.717, 1.165) is 16.5 Å². The van der Waals surface area contributed by atoms with Crippen molar-refractivity contribution in [2.45, 2.75) is 13.8 Å². The van der Waals surface area contributed by atoms with Crippen molar-refractivity contribution in [2.75, 3.05) is 19.0 Å². The summed E-state index contributed by atoms with van der Waals surface area (Å²) in [7, 11) is 1.53. The van der Waals surface area contributed by atoms with Crippen LogP contribution in [-0.2, 0) is 9.53 Å². The minimum Gasteiger partial charge on any atom is -0.452 e. The van der Waals surface area contributed by atoms with Crippen molar-refractivity contribution in [3.8, 4) is 0 Å². The molecule has 0 saturated carbocycles. The molecule has 7 nitrogen and oxygen atoms in total. The number of rotatable bonds is 5. The first-order chi connectivity index (χ1) is 13.9. The summed E-state index contributed by atoms with van der Waals surface area (Å²) in [5.74, 6) is -1.37. The van der Waals surface area contributed by atoms with Crippen LogP contribution >= 0.6 is 0 Å². The lowest BCUT2D eigenvalue weighted by Gasteiger charge is -2.12. The smallest absolute Gasteiger partial charge is 0.340 e. The zero-order chi connectivity index (χ0) is 21.0. The van der Waals surface area contributed by atoms with Crippen molar-refractivity contribution in [2.24, 2.45) is 0 Å². The van der Waals surface area contributed by atoms with Crippen LogP contribution < -0.4 is 10.6 Å². The van der Waals surface area contributed by atoms with Gasteiger partial charge in [-0.15, -0.1) is 0 Å². The van der Waals surface area contributed by atoms with E-state index in [2.05, 4.69) is 15.6 Å². The van der Waals surface area contributed by atoms with E-state index in [0.29, 0.717) is 22.5 Å². The number of nitrogens with zero attached hydrogens (tertiary/aromatic N) is 1. The molecule has 0 aliphatic heterocycles. The van der Waals surface area contributed by atoms with Gasteiger partial charge < -0.3 is 15.4 Å². The molecular formula is C22H21N3O4. The molecule has 29 heavy (non-hydrogen) atoms. The molecule has 0 spiro atoms. The molecule has 0 unspecified atom stereocenters. The van der Waals surface area contributed by atoms with Crippen LogP contribution in [0.4, 0.5) is 5.69 Å². The molecule has 2 aromatic carbocycles. The number of nitrogens with one attached hydrogen (secondary N) is 2. The summed E-state index contributed by atoms with van der Waals surface area (Å²) in [5.41, 5.74) is 3.32. The van der Waals surface area contributed by atoms with Crippen molar-refractivity contribution in [1.82, 2.24) is 10.3 Å². The highest BCUT2D eigenvalue weighted by molar-refractivity contribution is 6.00. The number of para-hydroxylation sites is 1. The van der Waals surface area contributed by atoms with Crippen LogP contribution in [0.25, 0.3) is 10.9 Å². The third-order valence-electron chi connectivity index (χ3n) is 4.51. The molecule has 7 heteroatoms. The summed E-state index contributed by atoms with van der Waals surface area (Å²) in [4.78, 5) is 40.9. The van der Waals surface area contributed by atoms with Crippen LogP contribution in [0.1, 0.15) is 32.0 Å². The Kier molecular flexibility index (Phi) is 5.87. The summed E-state index contributed by atoms with van der Waals surface area (Å²) in [6, 6.07) is 14.0. The fourth-order valence-electron chi connectivity index (χ4n) is 3.11. The monoisotopic (exact) mass is 391 g/mol. The predicted molar refractivity (Wildman–Crippen MR) is 110 cm³/mol. The number of anilines is 1. The van der Waals surface area contributed by atoms with Crippen molar-refractivity contribution >= 4 is 34.4 Å². The molecule has 0 atom stereocenters. The molecule has 0 fully saturated rings. The van der Waals surface area contributed by atoms with Crippen LogP contribution in [-0.4, -0.2) is 36.4 Å². The van der Waals surface area contributed by atoms with Crippen molar-refractivity contribution in [3.05, 3.63) is 70.9 Å². The summed E-state index contributed by atoms with van der Waals surface area (Å²) < 4.78 is 5.20. The van der Waals surface area contributed by atoms with Gasteiger partial charge in [-0.25, -0.2) is 4.79 Å². The summed E-state index contributed by atoms with van der Waals surface area (Å²) in [6.07, 6.45) is 0. The van der Waals surface area contributed by atoms with Gasteiger partial charge in [-0.05, 0) is 43.7 Å². The Morgan fingerprint density at radius 1 is 1.03 bits per heavy atom. The molecule has 0 aliphatic carbocycles. The quantitative estimate of drug-likeness (QED) is 0.652. The number of pyridine rings is 1. The van der Waals surface area contributed by atoms with Crippen LogP contribution in [0.5, 0.6) is 0 Å². The molecule has 0 bridgehead atoms. The van der Waals surface area contributed by atoms with Gasteiger partial charge in [0, 0.05) is 23.7 Å². The molecule has 1 heterocycles. The number of hydrogen-bond donors (Lipinski definition) is 2. The van der Waals surface area contributed by atoms with E-state index >= 15 is 0 Å². The molecule has 0 saturated heterocycles. The predicted octanol–water partition coefficient (Wildman–Crippen LogP) is 3.01. The zero-order valence-corrected chi connectivity index (χ0v) is 16.4. The molecule has 3 rings (SSSR count). The highest BCUT2D eigenvalue weighted by Crippen LogP contribution is 2.23. The highest BCUT2D eigenvalue weighted by atomic mass is 16.5. The summed E-state index contributed by atoms with van der Waals surface area (Å²) in [6.45, 7) is 3.12. The third kappa shape index (κ3) is 4.40. The Labute approximate surface area is 168 Å². The molecule has 0 radical (unpaired) electrons. The Morgan fingerprint density at radius 2 is 1.79 bits per heavy atom. The molecular weight excluding hydrogens is 370 g/mol. The fraction of sp³-hybridized carbons (Fsp3) is 0.182. The Morgan fingerprint density at radius 3 is 2.55 bits per heavy atom. The average Bonchev–Trinajstić information content (AvgIpc) is 2.72. The highest BCUT2D eigenvalue weighted by Gasteiger charge is 2.19. The lowest BCUT2D eigenvalue weighted by atomic mass is 10.0. The number of aromatic nitrogens is 1. The number of amides is 2. The van der Waals surface area contributed by atoms with Crippen LogP contribution in [0, 0.1) is 13.8 Å². The minimum absolute atomic E-state index is 0.262. The number of fused-ring (bicyclic) bond motifs is 1. The average molecular weight is 391 g/mol. The molecule has 148 valence electrons. The number of carbonyl (C=O) groups excluding carboxylic acids is 3. The number of benzene rings is 2. The second kappa shape index (κ2) is 8.52. The number of carbonyl (C=O) groups is 3. The van der Waals surface area contributed by atoms with E-state index in [9.17, 15) is 14.4 Å². The van der Waals surface area contributed by atoms with Gasteiger partial charge in [0.05, 0.1) is 16.8 Å². The van der Waals surface area contributed by atoms with Crippen LogP contribution in [0.3, 0.4) is 0 Å². The van der Waals surface area contributed by atoms with E-state index in [-0.39, 0.29) is 5.91 Å². The SMILES string of the molecule is CNC(=O)c1cccc(NC(=O)COC(=O)c2c(C)nc3ccccc3c2C)c1. The topological polar surface area (TPSA) is 97.4 Å². The summed E-state index contributed by atoms with van der Waals surface area (Å²) in [5, 5.41) is 5.99. The van der Waals surface area contributed by atoms with Crippen LogP contribution in [0.2, 0.25) is 0 Å². The van der Waals surface area contributed by atoms with Gasteiger partial charge in [0.15, 0.2) is 6.61 Å². The first kappa shape index (κ1) is 20.0. The van der Waals surface area contributed by atoms with Gasteiger partial charge >= 0.3 is 5.97 Å². The standard InChI is InChI=1S/C22H21N3O4/c1-13-17-9-4-5-10-18(17)24-14(2)20(13)22(28)29-12-19(26)25-16-8-6-7-15(11-16)21(27)23-3/h4-11H,12H2,1-3H3,(H,23,27)(H,25,26). The Bertz CT molecular complexity index is 1110. The second-order valence-electron chi connectivity index (χ2n) is 6.50. The van der Waals surface area contributed by atoms with Gasteiger partial charge in [-0.1, -0.05) is 24.3 Å². The van der Waals surface area contributed by atoms with Crippen molar-refractivity contribution in [1.29, 1.82) is 0 Å². The number of hydrogen-bond acceptors (Lipinski definition) is 5. The molecule has 2 N–H and O–H groups in total. The maximum atomic E-state index is 12.6. The maximum absolute atomic E-state index is 12.6. The van der Waals surface area contributed by atoms with Crippen molar-refractivity contribution in [3.63, 3.8) is 0 Å². The Hall–Kier alpha value is -3.74. The van der Waals surface area contributed by atoms with Gasteiger partial charge in [0.2, 0.25) is 0 Å². The van der Waals surface area contributed by atoms with Gasteiger partial charge in [0.25, 0.3) is 11.8 Å². The van der Waals surface area contributed by atoms with Crippen LogP contribution in [0.15, 0.2) is 48.5 Å². The van der Waals surface area contributed by atoms with E-state index < -0.39 is 18.5 Å². The lowest BCUT2D eigenvalue weighted by Crippen LogP contribution is -2.22. The van der Waals surface area contributed by atoms with E-state index in [4.69, 9.17) is 4.74 Å². The minimum atomic E-state index is -0.604. The van der Waals surface area contributed by atoms with Gasteiger partial charge in [0.1, 0.15) is 0 Å². The lowest BCUT2D eigenvalue weighted by molar-refractivity contribution is -0.119. The van der Waals surface area contributed by atoms with E-state index in [1.807, 2.05) is 31.2 Å².